The molecular weight excluding hydrogens is 654 g/mol. The number of esters is 2. The molecule has 0 aliphatic heterocycles. The largest absolute Gasteiger partial charge is 0.544 e. The van der Waals surface area contributed by atoms with Crippen LogP contribution in [0.25, 0.3) is 0 Å². The Morgan fingerprint density at radius 3 is 1.38 bits per heavy atom. The van der Waals surface area contributed by atoms with E-state index in [1.165, 1.54) is 116 Å². The number of carboxylic acids is 1. The maximum atomic E-state index is 12.7. The van der Waals surface area contributed by atoms with Crippen molar-refractivity contribution in [2.45, 2.75) is 212 Å². The van der Waals surface area contributed by atoms with Crippen molar-refractivity contribution in [3.63, 3.8) is 0 Å². The third-order valence-electron chi connectivity index (χ3n) is 9.90. The summed E-state index contributed by atoms with van der Waals surface area (Å²) in [5.74, 6) is -1.73. The van der Waals surface area contributed by atoms with E-state index in [0.29, 0.717) is 12.8 Å². The number of carbonyl (C=O) groups is 3. The minimum absolute atomic E-state index is 0.0427. The number of quaternary nitrogens is 1. The zero-order valence-corrected chi connectivity index (χ0v) is 34.7. The first-order valence-corrected chi connectivity index (χ1v) is 21.7. The second-order valence-corrected chi connectivity index (χ2v) is 15.9. The van der Waals surface area contributed by atoms with E-state index in [9.17, 15) is 19.5 Å². The highest BCUT2D eigenvalue weighted by molar-refractivity contribution is 5.70. The summed E-state index contributed by atoms with van der Waals surface area (Å²) in [7, 11) is 5.41. The van der Waals surface area contributed by atoms with Crippen molar-refractivity contribution in [2.75, 3.05) is 41.0 Å². The van der Waals surface area contributed by atoms with E-state index in [1.54, 1.807) is 21.1 Å². The molecule has 0 saturated carbocycles. The Morgan fingerprint density at radius 2 is 0.962 bits per heavy atom. The van der Waals surface area contributed by atoms with Crippen molar-refractivity contribution in [1.82, 2.24) is 0 Å². The van der Waals surface area contributed by atoms with E-state index in [0.717, 1.165) is 51.4 Å². The van der Waals surface area contributed by atoms with Gasteiger partial charge in [-0.3, -0.25) is 9.59 Å². The number of hydrogen-bond donors (Lipinski definition) is 0. The van der Waals surface area contributed by atoms with Gasteiger partial charge in [-0.05, 0) is 38.5 Å². The molecular formula is C44H83NO7. The fourth-order valence-electron chi connectivity index (χ4n) is 6.48. The monoisotopic (exact) mass is 738 g/mol. The van der Waals surface area contributed by atoms with Crippen molar-refractivity contribution < 1.29 is 38.2 Å². The second-order valence-electron chi connectivity index (χ2n) is 15.9. The summed E-state index contributed by atoms with van der Waals surface area (Å²) in [6, 6.07) is -0.722. The molecule has 0 aromatic carbocycles. The van der Waals surface area contributed by atoms with E-state index >= 15 is 0 Å². The number of unbranched alkanes of at least 4 members (excludes halogenated alkanes) is 23. The number of likely N-dealkylation sites (N-methyl/N-ethyl adjacent to an activating group) is 1. The van der Waals surface area contributed by atoms with Gasteiger partial charge in [0.15, 0.2) is 6.10 Å². The summed E-state index contributed by atoms with van der Waals surface area (Å²) in [5.41, 5.74) is 0. The van der Waals surface area contributed by atoms with Crippen LogP contribution in [0.1, 0.15) is 200 Å². The zero-order valence-electron chi connectivity index (χ0n) is 34.7. The van der Waals surface area contributed by atoms with Crippen LogP contribution in [0.5, 0.6) is 0 Å². The lowest BCUT2D eigenvalue weighted by Gasteiger charge is -2.34. The predicted octanol–water partition coefficient (Wildman–Crippen LogP) is 10.2. The molecule has 306 valence electrons. The first kappa shape index (κ1) is 50.1. The lowest BCUT2D eigenvalue weighted by molar-refractivity contribution is -0.889. The van der Waals surface area contributed by atoms with Crippen molar-refractivity contribution in [3.8, 4) is 0 Å². The molecule has 0 aliphatic rings. The van der Waals surface area contributed by atoms with Gasteiger partial charge in [0, 0.05) is 19.3 Å². The molecule has 2 atom stereocenters. The van der Waals surface area contributed by atoms with Crippen LogP contribution in [0.15, 0.2) is 12.2 Å². The molecule has 0 spiro atoms. The Balaban J connectivity index is 4.34. The van der Waals surface area contributed by atoms with Crippen molar-refractivity contribution in [1.29, 1.82) is 0 Å². The third kappa shape index (κ3) is 33.9. The van der Waals surface area contributed by atoms with Gasteiger partial charge in [-0.15, -0.1) is 0 Å². The summed E-state index contributed by atoms with van der Waals surface area (Å²) >= 11 is 0. The molecule has 0 aromatic heterocycles. The molecule has 0 aliphatic carbocycles. The minimum atomic E-state index is -1.12. The molecule has 0 amide bonds. The normalized spacial score (nSPS) is 13.0. The van der Waals surface area contributed by atoms with Crippen molar-refractivity contribution in [3.05, 3.63) is 12.2 Å². The Morgan fingerprint density at radius 1 is 0.558 bits per heavy atom. The van der Waals surface area contributed by atoms with Crippen molar-refractivity contribution >= 4 is 17.9 Å². The van der Waals surface area contributed by atoms with Crippen molar-refractivity contribution in [2.24, 2.45) is 0 Å². The molecule has 0 fully saturated rings. The molecule has 0 N–H and O–H groups in total. The molecule has 0 aromatic rings. The van der Waals surface area contributed by atoms with E-state index in [-0.39, 0.29) is 42.7 Å². The number of allylic oxidation sites excluding steroid dienone is 2. The number of carboxylic acid groups (broad SMARTS) is 1. The van der Waals surface area contributed by atoms with Gasteiger partial charge >= 0.3 is 11.9 Å². The van der Waals surface area contributed by atoms with Gasteiger partial charge in [-0.1, -0.05) is 154 Å². The van der Waals surface area contributed by atoms with Gasteiger partial charge < -0.3 is 28.6 Å². The first-order chi connectivity index (χ1) is 25.1. The number of hydrogen-bond acceptors (Lipinski definition) is 7. The summed E-state index contributed by atoms with van der Waals surface area (Å²) in [5, 5.41) is 11.6. The van der Waals surface area contributed by atoms with Crippen LogP contribution >= 0.6 is 0 Å². The maximum Gasteiger partial charge on any atom is 0.306 e. The molecule has 0 radical (unpaired) electrons. The summed E-state index contributed by atoms with van der Waals surface area (Å²) < 4.78 is 17.1. The highest BCUT2D eigenvalue weighted by Gasteiger charge is 2.25. The van der Waals surface area contributed by atoms with E-state index < -0.39 is 18.1 Å². The summed E-state index contributed by atoms with van der Waals surface area (Å²) in [4.78, 5) is 36.8. The lowest BCUT2D eigenvalue weighted by atomic mass is 10.0. The van der Waals surface area contributed by atoms with Gasteiger partial charge in [0.1, 0.15) is 12.6 Å². The highest BCUT2D eigenvalue weighted by atomic mass is 16.6. The Bertz CT molecular complexity index is 869. The fraction of sp³-hybridized carbons (Fsp3) is 0.886. The summed E-state index contributed by atoms with van der Waals surface area (Å²) in [6.07, 6.45) is 36.5. The van der Waals surface area contributed by atoms with Gasteiger partial charge in [-0.25, -0.2) is 0 Å². The van der Waals surface area contributed by atoms with Gasteiger partial charge in [0.05, 0.1) is 40.3 Å². The quantitative estimate of drug-likeness (QED) is 0.0268. The first-order valence-electron chi connectivity index (χ1n) is 21.7. The van der Waals surface area contributed by atoms with Crippen LogP contribution in [0, 0.1) is 0 Å². The summed E-state index contributed by atoms with van der Waals surface area (Å²) in [6.45, 7) is 4.66. The average molecular weight is 738 g/mol. The van der Waals surface area contributed by atoms with Crippen LogP contribution in [0.2, 0.25) is 0 Å². The highest BCUT2D eigenvalue weighted by Crippen LogP contribution is 2.15. The van der Waals surface area contributed by atoms with Crippen LogP contribution < -0.4 is 5.11 Å². The number of ether oxygens (including phenoxy) is 3. The maximum absolute atomic E-state index is 12.7. The second kappa shape index (κ2) is 36.1. The van der Waals surface area contributed by atoms with Crippen LogP contribution in [-0.4, -0.2) is 75.5 Å². The smallest absolute Gasteiger partial charge is 0.306 e. The predicted molar refractivity (Wildman–Crippen MR) is 213 cm³/mol. The Kier molecular flexibility index (Phi) is 34.7. The van der Waals surface area contributed by atoms with E-state index in [2.05, 4.69) is 26.0 Å². The molecule has 8 heteroatoms. The SMILES string of the molecule is CCCCCCCCC/C=C/CCCCCCCC(=O)OC(COCCC(C(=O)[O-])[N+](C)(C)C)COC(=O)CCCCCCCCCCCCCC. The number of rotatable bonds is 39. The van der Waals surface area contributed by atoms with E-state index in [4.69, 9.17) is 14.2 Å². The molecule has 2 unspecified atom stereocenters. The fourth-order valence-corrected chi connectivity index (χ4v) is 6.48. The molecule has 0 saturated heterocycles. The molecule has 0 rings (SSSR count). The Hall–Kier alpha value is -1.93. The van der Waals surface area contributed by atoms with Gasteiger partial charge in [0.2, 0.25) is 0 Å². The van der Waals surface area contributed by atoms with Gasteiger partial charge in [0.25, 0.3) is 0 Å². The van der Waals surface area contributed by atoms with Crippen LogP contribution in [0.4, 0.5) is 0 Å². The zero-order chi connectivity index (χ0) is 38.5. The van der Waals surface area contributed by atoms with Crippen LogP contribution in [-0.2, 0) is 28.6 Å². The van der Waals surface area contributed by atoms with Crippen LogP contribution in [0.3, 0.4) is 0 Å². The average Bonchev–Trinajstić information content (AvgIpc) is 3.09. The number of carbonyl (C=O) groups excluding carboxylic acids is 3. The standard InChI is InChI=1S/C44H83NO7/c1-6-8-10-12-14-16-18-20-21-22-23-25-27-29-31-33-35-43(47)52-40(38-50-37-36-41(44(48)49)45(3,4)5)39-51-42(46)34-32-30-28-26-24-19-17-15-13-11-9-7-2/h21-22,40-41H,6-20,23-39H2,1-5H3/b22-21+. The Labute approximate surface area is 320 Å². The topological polar surface area (TPSA) is 102 Å². The minimum Gasteiger partial charge on any atom is -0.544 e. The third-order valence-corrected chi connectivity index (χ3v) is 9.90. The number of nitrogens with zero attached hydrogens (tertiary/aromatic N) is 1. The number of aliphatic carboxylic acids is 1. The molecule has 0 bridgehead atoms. The van der Waals surface area contributed by atoms with E-state index in [1.807, 2.05) is 0 Å². The molecule has 52 heavy (non-hydrogen) atoms. The molecule has 8 nitrogen and oxygen atoms in total. The lowest BCUT2D eigenvalue weighted by Crippen LogP contribution is -2.55. The van der Waals surface area contributed by atoms with Gasteiger partial charge in [-0.2, -0.15) is 0 Å². The molecule has 0 heterocycles.